The number of nitrogens with zero attached hydrogens (tertiary/aromatic N) is 2. The van der Waals surface area contributed by atoms with Gasteiger partial charge in [-0.3, -0.25) is 10.1 Å². The van der Waals surface area contributed by atoms with Gasteiger partial charge in [0, 0.05) is 23.1 Å². The van der Waals surface area contributed by atoms with E-state index in [9.17, 15) is 4.79 Å². The Morgan fingerprint density at radius 2 is 2.17 bits per heavy atom. The van der Waals surface area contributed by atoms with E-state index in [-0.39, 0.29) is 11.3 Å². The summed E-state index contributed by atoms with van der Waals surface area (Å²) in [5.41, 5.74) is 1.44. The highest BCUT2D eigenvalue weighted by Gasteiger charge is 2.22. The number of ether oxygens (including phenoxy) is 1. The maximum atomic E-state index is 12.2. The summed E-state index contributed by atoms with van der Waals surface area (Å²) in [5, 5.41) is 5.40. The number of anilines is 1. The molecule has 2 heterocycles. The molecule has 0 radical (unpaired) electrons. The number of nitrogens with one attached hydrogen (secondary N) is 1. The molecule has 6 heteroatoms. The van der Waals surface area contributed by atoms with Crippen molar-refractivity contribution in [3.8, 4) is 5.88 Å². The van der Waals surface area contributed by atoms with Crippen LogP contribution in [-0.2, 0) is 5.41 Å². The molecule has 1 saturated carbocycles. The van der Waals surface area contributed by atoms with Crippen molar-refractivity contribution < 1.29 is 9.53 Å². The van der Waals surface area contributed by atoms with E-state index in [2.05, 4.69) is 36.1 Å². The number of amides is 1. The van der Waals surface area contributed by atoms with Gasteiger partial charge in [-0.15, -0.1) is 11.3 Å². The molecule has 5 nitrogen and oxygen atoms in total. The van der Waals surface area contributed by atoms with Crippen LogP contribution in [0.15, 0.2) is 23.7 Å². The van der Waals surface area contributed by atoms with E-state index in [1.165, 1.54) is 30.4 Å². The van der Waals surface area contributed by atoms with Crippen molar-refractivity contribution in [3.05, 3.63) is 35.0 Å². The predicted molar refractivity (Wildman–Crippen MR) is 91.2 cm³/mol. The predicted octanol–water partition coefficient (Wildman–Crippen LogP) is 3.88. The normalized spacial score (nSPS) is 14.6. The Morgan fingerprint density at radius 1 is 1.39 bits per heavy atom. The molecule has 1 aliphatic carbocycles. The number of thiazole rings is 1. The Bertz CT molecular complexity index is 685. The molecule has 0 atom stereocenters. The highest BCUT2D eigenvalue weighted by molar-refractivity contribution is 7.14. The fourth-order valence-electron chi connectivity index (χ4n) is 1.93. The minimum absolute atomic E-state index is 0.0262. The number of hydrogen-bond acceptors (Lipinski definition) is 5. The van der Waals surface area contributed by atoms with E-state index in [0.29, 0.717) is 29.1 Å². The van der Waals surface area contributed by atoms with Crippen LogP contribution in [-0.4, -0.2) is 22.5 Å². The molecule has 0 saturated heterocycles. The molecule has 0 spiro atoms. The molecule has 1 aliphatic rings. The summed E-state index contributed by atoms with van der Waals surface area (Å²) in [6.45, 7) is 7.00. The molecule has 2 aromatic heterocycles. The summed E-state index contributed by atoms with van der Waals surface area (Å²) in [5.74, 6) is 1.04. The first-order chi connectivity index (χ1) is 10.9. The second-order valence-corrected chi connectivity index (χ2v) is 7.74. The van der Waals surface area contributed by atoms with E-state index >= 15 is 0 Å². The second kappa shape index (κ2) is 6.28. The Hall–Kier alpha value is -1.95. The Labute approximate surface area is 140 Å². The van der Waals surface area contributed by atoms with Crippen LogP contribution in [0, 0.1) is 5.92 Å². The highest BCUT2D eigenvalue weighted by atomic mass is 32.1. The molecular weight excluding hydrogens is 310 g/mol. The van der Waals surface area contributed by atoms with Crippen LogP contribution in [0.5, 0.6) is 5.88 Å². The van der Waals surface area contributed by atoms with Crippen LogP contribution >= 0.6 is 11.3 Å². The van der Waals surface area contributed by atoms with Gasteiger partial charge in [0.2, 0.25) is 5.88 Å². The standard InChI is InChI=1S/C17H21N3O2S/c1-17(2,3)13-10-23-16(19-13)20-15(21)12-6-7-14(18-8-12)22-9-11-4-5-11/h6-8,10-11H,4-5,9H2,1-3H3,(H,19,20,21). The zero-order valence-electron chi connectivity index (χ0n) is 13.6. The van der Waals surface area contributed by atoms with Gasteiger partial charge in [-0.2, -0.15) is 0 Å². The lowest BCUT2D eigenvalue weighted by molar-refractivity contribution is 0.102. The van der Waals surface area contributed by atoms with Crippen molar-refractivity contribution >= 4 is 22.4 Å². The van der Waals surface area contributed by atoms with Crippen LogP contribution in [0.4, 0.5) is 5.13 Å². The Balaban J connectivity index is 1.59. The number of rotatable bonds is 5. The Kier molecular flexibility index (Phi) is 4.35. The van der Waals surface area contributed by atoms with Gasteiger partial charge in [-0.05, 0) is 24.8 Å². The van der Waals surface area contributed by atoms with Gasteiger partial charge in [0.15, 0.2) is 5.13 Å². The summed E-state index contributed by atoms with van der Waals surface area (Å²) in [6.07, 6.45) is 4.02. The van der Waals surface area contributed by atoms with Crippen molar-refractivity contribution in [1.82, 2.24) is 9.97 Å². The average Bonchev–Trinajstić information content (AvgIpc) is 3.21. The van der Waals surface area contributed by atoms with Crippen LogP contribution in [0.3, 0.4) is 0 Å². The molecule has 23 heavy (non-hydrogen) atoms. The molecule has 1 N–H and O–H groups in total. The summed E-state index contributed by atoms with van der Waals surface area (Å²) in [7, 11) is 0. The lowest BCUT2D eigenvalue weighted by Gasteiger charge is -2.14. The number of carbonyl (C=O) groups excluding carboxylic acids is 1. The topological polar surface area (TPSA) is 64.1 Å². The van der Waals surface area contributed by atoms with Crippen LogP contribution < -0.4 is 10.1 Å². The van der Waals surface area contributed by atoms with E-state index in [4.69, 9.17) is 4.74 Å². The van der Waals surface area contributed by atoms with Crippen LogP contribution in [0.1, 0.15) is 49.7 Å². The van der Waals surface area contributed by atoms with Gasteiger partial charge >= 0.3 is 0 Å². The fourth-order valence-corrected chi connectivity index (χ4v) is 2.86. The maximum absolute atomic E-state index is 12.2. The van der Waals surface area contributed by atoms with Gasteiger partial charge in [-0.25, -0.2) is 9.97 Å². The molecular formula is C17H21N3O2S. The third kappa shape index (κ3) is 4.28. The average molecular weight is 331 g/mol. The minimum Gasteiger partial charge on any atom is -0.477 e. The van der Waals surface area contributed by atoms with Gasteiger partial charge in [0.25, 0.3) is 5.91 Å². The smallest absolute Gasteiger partial charge is 0.259 e. The van der Waals surface area contributed by atoms with Gasteiger partial charge in [-0.1, -0.05) is 20.8 Å². The summed E-state index contributed by atoms with van der Waals surface area (Å²) < 4.78 is 5.57. The number of aromatic nitrogens is 2. The van der Waals surface area contributed by atoms with E-state index < -0.39 is 0 Å². The molecule has 1 amide bonds. The summed E-state index contributed by atoms with van der Waals surface area (Å²) in [4.78, 5) is 20.9. The van der Waals surface area contributed by atoms with Crippen molar-refractivity contribution in [2.24, 2.45) is 5.92 Å². The molecule has 1 fully saturated rings. The zero-order chi connectivity index (χ0) is 16.4. The molecule has 2 aromatic rings. The van der Waals surface area contributed by atoms with E-state index in [1.54, 1.807) is 12.1 Å². The zero-order valence-corrected chi connectivity index (χ0v) is 14.4. The van der Waals surface area contributed by atoms with Crippen molar-refractivity contribution in [3.63, 3.8) is 0 Å². The van der Waals surface area contributed by atoms with Crippen LogP contribution in [0.2, 0.25) is 0 Å². The monoisotopic (exact) mass is 331 g/mol. The van der Waals surface area contributed by atoms with E-state index in [0.717, 1.165) is 5.69 Å². The third-order valence-electron chi connectivity index (χ3n) is 3.66. The highest BCUT2D eigenvalue weighted by Crippen LogP contribution is 2.29. The second-order valence-electron chi connectivity index (χ2n) is 6.88. The minimum atomic E-state index is -0.207. The van der Waals surface area contributed by atoms with Gasteiger partial charge < -0.3 is 4.74 Å². The molecule has 0 aliphatic heterocycles. The molecule has 0 bridgehead atoms. The van der Waals surface area contributed by atoms with Crippen molar-refractivity contribution in [2.45, 2.75) is 39.0 Å². The number of hydrogen-bond donors (Lipinski definition) is 1. The molecule has 3 rings (SSSR count). The largest absolute Gasteiger partial charge is 0.477 e. The third-order valence-corrected chi connectivity index (χ3v) is 4.41. The first-order valence-corrected chi connectivity index (χ1v) is 8.66. The summed E-state index contributed by atoms with van der Waals surface area (Å²) in [6, 6.07) is 3.46. The fraction of sp³-hybridized carbons (Fsp3) is 0.471. The lowest BCUT2D eigenvalue weighted by Crippen LogP contribution is -2.14. The SMILES string of the molecule is CC(C)(C)c1csc(NC(=O)c2ccc(OCC3CC3)nc2)n1. The number of pyridine rings is 1. The molecule has 122 valence electrons. The lowest BCUT2D eigenvalue weighted by atomic mass is 9.93. The van der Waals surface area contributed by atoms with Gasteiger partial charge in [0.1, 0.15) is 0 Å². The molecule has 0 unspecified atom stereocenters. The van der Waals surface area contributed by atoms with Crippen LogP contribution in [0.25, 0.3) is 0 Å². The number of carbonyl (C=O) groups is 1. The van der Waals surface area contributed by atoms with Crippen molar-refractivity contribution in [2.75, 3.05) is 11.9 Å². The van der Waals surface area contributed by atoms with Gasteiger partial charge in [0.05, 0.1) is 17.9 Å². The quantitative estimate of drug-likeness (QED) is 0.903. The first kappa shape index (κ1) is 15.9. The van der Waals surface area contributed by atoms with E-state index in [1.807, 2.05) is 5.38 Å². The summed E-state index contributed by atoms with van der Waals surface area (Å²) >= 11 is 1.43. The Morgan fingerprint density at radius 3 is 2.74 bits per heavy atom. The van der Waals surface area contributed by atoms with Crippen molar-refractivity contribution in [1.29, 1.82) is 0 Å². The molecule has 0 aromatic carbocycles. The maximum Gasteiger partial charge on any atom is 0.259 e. The first-order valence-electron chi connectivity index (χ1n) is 7.78.